The third-order valence-electron chi connectivity index (χ3n) is 7.71. The van der Waals surface area contributed by atoms with Gasteiger partial charge in [0.05, 0.1) is 18.7 Å². The van der Waals surface area contributed by atoms with E-state index < -0.39 is 53.4 Å². The Labute approximate surface area is 299 Å². The van der Waals surface area contributed by atoms with Gasteiger partial charge in [-0.1, -0.05) is 6.07 Å². The Morgan fingerprint density at radius 1 is 0.980 bits per heavy atom. The molecule has 0 saturated carbocycles. The van der Waals surface area contributed by atoms with Crippen LogP contribution in [-0.2, 0) is 35.2 Å². The number of aryl methyl sites for hydroxylation is 2. The zero-order valence-electron chi connectivity index (χ0n) is 30.8. The van der Waals surface area contributed by atoms with E-state index in [2.05, 4.69) is 20.3 Å². The lowest BCUT2D eigenvalue weighted by Gasteiger charge is -2.34. The van der Waals surface area contributed by atoms with Crippen LogP contribution in [0.4, 0.5) is 4.79 Å². The van der Waals surface area contributed by atoms with Gasteiger partial charge in [0.2, 0.25) is 17.7 Å². The summed E-state index contributed by atoms with van der Waals surface area (Å²) in [6, 6.07) is 4.93. The van der Waals surface area contributed by atoms with Gasteiger partial charge in [-0.2, -0.15) is 4.37 Å². The van der Waals surface area contributed by atoms with Gasteiger partial charge in [-0.05, 0) is 121 Å². The van der Waals surface area contributed by atoms with Gasteiger partial charge in [-0.25, -0.2) is 4.79 Å². The summed E-state index contributed by atoms with van der Waals surface area (Å²) in [7, 11) is 0. The molecule has 2 aromatic rings. The number of aromatic nitrogens is 1. The minimum Gasteiger partial charge on any atom is -0.494 e. The highest BCUT2D eigenvalue weighted by Gasteiger charge is 2.32. The molecule has 1 aromatic heterocycles. The lowest BCUT2D eigenvalue weighted by molar-refractivity contribution is -0.156. The van der Waals surface area contributed by atoms with Gasteiger partial charge in [-0.3, -0.25) is 19.2 Å². The topological polar surface area (TPSA) is 165 Å². The molecule has 0 spiro atoms. The first kappa shape index (κ1) is 40.2. The Hall–Kier alpha value is -4.20. The molecule has 14 heteroatoms. The van der Waals surface area contributed by atoms with Crippen LogP contribution in [0.15, 0.2) is 24.3 Å². The summed E-state index contributed by atoms with van der Waals surface area (Å²) in [5.74, 6) is -1.47. The highest BCUT2D eigenvalue weighted by atomic mass is 32.1. The highest BCUT2D eigenvalue weighted by molar-refractivity contribution is 7.05. The summed E-state index contributed by atoms with van der Waals surface area (Å²) in [5.41, 5.74) is 0.774. The molecule has 276 valence electrons. The molecule has 3 N–H and O–H groups in total. The number of rotatable bonds is 13. The fraction of sp³-hybridized carbons (Fsp3) is 0.611. The Morgan fingerprint density at radius 3 is 2.30 bits per heavy atom. The summed E-state index contributed by atoms with van der Waals surface area (Å²) in [6.45, 7) is 17.6. The van der Waals surface area contributed by atoms with E-state index >= 15 is 0 Å². The van der Waals surface area contributed by atoms with Crippen LogP contribution in [0.5, 0.6) is 5.75 Å². The van der Waals surface area contributed by atoms with E-state index in [9.17, 15) is 24.0 Å². The van der Waals surface area contributed by atoms with E-state index in [1.165, 1.54) is 18.5 Å². The lowest BCUT2D eigenvalue weighted by atomic mass is 9.95. The number of likely N-dealkylation sites (tertiary alicyclic amines) is 1. The molecular formula is C36H53N5O8S. The highest BCUT2D eigenvalue weighted by Crippen LogP contribution is 2.24. The van der Waals surface area contributed by atoms with E-state index in [0.29, 0.717) is 37.1 Å². The molecule has 3 atom stereocenters. The number of hydrogen-bond acceptors (Lipinski definition) is 10. The molecule has 1 aromatic carbocycles. The number of amides is 4. The van der Waals surface area contributed by atoms with Crippen molar-refractivity contribution in [2.75, 3.05) is 19.7 Å². The molecule has 1 saturated heterocycles. The first-order chi connectivity index (χ1) is 23.3. The molecule has 1 aliphatic rings. The van der Waals surface area contributed by atoms with Crippen LogP contribution < -0.4 is 20.7 Å². The van der Waals surface area contributed by atoms with Crippen molar-refractivity contribution in [1.29, 1.82) is 0 Å². The number of nitrogens with one attached hydrogen (secondary N) is 3. The maximum Gasteiger partial charge on any atom is 0.410 e. The first-order valence-corrected chi connectivity index (χ1v) is 17.8. The molecule has 0 radical (unpaired) electrons. The molecule has 3 rings (SSSR count). The normalized spacial score (nSPS) is 16.1. The van der Waals surface area contributed by atoms with Crippen molar-refractivity contribution in [3.8, 4) is 5.75 Å². The van der Waals surface area contributed by atoms with Crippen LogP contribution in [0.3, 0.4) is 0 Å². The van der Waals surface area contributed by atoms with Gasteiger partial charge >= 0.3 is 12.1 Å². The largest absolute Gasteiger partial charge is 0.494 e. The average molecular weight is 716 g/mol. The predicted molar refractivity (Wildman–Crippen MR) is 189 cm³/mol. The van der Waals surface area contributed by atoms with E-state index in [4.69, 9.17) is 14.2 Å². The fourth-order valence-corrected chi connectivity index (χ4v) is 5.97. The fourth-order valence-electron chi connectivity index (χ4n) is 5.39. The standard InChI is InChI=1S/C36H53N5O8S/c1-22-12-13-27(47-16-14-25-11-10-15-41(21-25)34(46)49-36(7,8)9)18-26(22)20-37-33(45)31(28-17-23(2)50-40-28)39-32(44)29(38-24(3)42)19-30(43)48-35(4,5)6/h12-13,17-18,25,29,31H,10-11,14-16,19-21H2,1-9H3,(H,37,45)(H,38,42)(H,39,44)/t25?,29-,31?/m0/s1. The van der Waals surface area contributed by atoms with Crippen molar-refractivity contribution in [3.05, 3.63) is 46.0 Å². The number of esters is 1. The minimum atomic E-state index is -1.26. The van der Waals surface area contributed by atoms with Crippen molar-refractivity contribution >= 4 is 41.3 Å². The zero-order chi connectivity index (χ0) is 37.2. The Balaban J connectivity index is 1.63. The van der Waals surface area contributed by atoms with Crippen LogP contribution in [-0.4, -0.2) is 76.0 Å². The predicted octanol–water partition coefficient (Wildman–Crippen LogP) is 4.89. The van der Waals surface area contributed by atoms with Crippen LogP contribution in [0.25, 0.3) is 0 Å². The van der Waals surface area contributed by atoms with Gasteiger partial charge < -0.3 is 35.1 Å². The second-order valence-electron chi connectivity index (χ2n) is 14.7. The van der Waals surface area contributed by atoms with Gasteiger partial charge in [0.25, 0.3) is 0 Å². The summed E-state index contributed by atoms with van der Waals surface area (Å²) in [4.78, 5) is 66.6. The molecule has 4 amide bonds. The molecule has 0 aliphatic carbocycles. The third-order valence-corrected chi connectivity index (χ3v) is 8.42. The third kappa shape index (κ3) is 13.6. The van der Waals surface area contributed by atoms with E-state index in [1.807, 2.05) is 52.8 Å². The summed E-state index contributed by atoms with van der Waals surface area (Å²) < 4.78 is 21.3. The number of nitrogens with zero attached hydrogens (tertiary/aromatic N) is 2. The first-order valence-electron chi connectivity index (χ1n) is 17.0. The number of hydrogen-bond donors (Lipinski definition) is 3. The molecule has 2 heterocycles. The van der Waals surface area contributed by atoms with Crippen molar-refractivity contribution in [2.45, 2.75) is 118 Å². The Morgan fingerprint density at radius 2 is 1.68 bits per heavy atom. The van der Waals surface area contributed by atoms with E-state index in [1.54, 1.807) is 31.7 Å². The summed E-state index contributed by atoms with van der Waals surface area (Å²) in [5, 5.41) is 8.06. The number of benzene rings is 1. The maximum atomic E-state index is 13.6. The number of ether oxygens (including phenoxy) is 3. The molecule has 1 aliphatic heterocycles. The molecule has 1 fully saturated rings. The number of carbonyl (C=O) groups excluding carboxylic acids is 5. The smallest absolute Gasteiger partial charge is 0.410 e. The average Bonchev–Trinajstić information content (AvgIpc) is 3.43. The van der Waals surface area contributed by atoms with Gasteiger partial charge in [0, 0.05) is 31.4 Å². The van der Waals surface area contributed by atoms with Crippen molar-refractivity contribution in [1.82, 2.24) is 25.2 Å². The second-order valence-corrected chi connectivity index (χ2v) is 15.7. The van der Waals surface area contributed by atoms with Crippen molar-refractivity contribution in [3.63, 3.8) is 0 Å². The Bertz CT molecular complexity index is 1510. The monoisotopic (exact) mass is 715 g/mol. The van der Waals surface area contributed by atoms with Crippen LogP contribution in [0, 0.1) is 19.8 Å². The molecule has 50 heavy (non-hydrogen) atoms. The molecule has 2 unspecified atom stereocenters. The quantitative estimate of drug-likeness (QED) is 0.245. The molecular weight excluding hydrogens is 662 g/mol. The second kappa shape index (κ2) is 17.6. The van der Waals surface area contributed by atoms with Gasteiger partial charge in [-0.15, -0.1) is 0 Å². The van der Waals surface area contributed by atoms with Crippen LogP contribution >= 0.6 is 11.5 Å². The summed E-state index contributed by atoms with van der Waals surface area (Å²) in [6.07, 6.45) is 2.01. The SMILES string of the molecule is CC(=O)N[C@@H](CC(=O)OC(C)(C)C)C(=O)NC(C(=O)NCc1cc(OCCC2CCCN(C(=O)OC(C)(C)C)C2)ccc1C)c1cc(C)sn1. The molecule has 13 nitrogen and oxygen atoms in total. The maximum absolute atomic E-state index is 13.6. The van der Waals surface area contributed by atoms with Crippen LogP contribution in [0.2, 0.25) is 0 Å². The minimum absolute atomic E-state index is 0.151. The molecule has 0 bridgehead atoms. The van der Waals surface area contributed by atoms with Gasteiger partial charge in [0.1, 0.15) is 23.0 Å². The van der Waals surface area contributed by atoms with Crippen molar-refractivity contribution < 1.29 is 38.2 Å². The van der Waals surface area contributed by atoms with Crippen LogP contribution in [0.1, 0.15) is 102 Å². The van der Waals surface area contributed by atoms with E-state index in [-0.39, 0.29) is 12.6 Å². The Kier molecular flexibility index (Phi) is 14.2. The van der Waals surface area contributed by atoms with Gasteiger partial charge in [0.15, 0.2) is 6.04 Å². The number of carbonyl (C=O) groups is 5. The number of piperidine rings is 1. The summed E-state index contributed by atoms with van der Waals surface area (Å²) >= 11 is 1.19. The lowest BCUT2D eigenvalue weighted by Crippen LogP contribution is -2.51. The van der Waals surface area contributed by atoms with Crippen molar-refractivity contribution in [2.24, 2.45) is 5.92 Å². The zero-order valence-corrected chi connectivity index (χ0v) is 31.6. The van der Waals surface area contributed by atoms with E-state index in [0.717, 1.165) is 35.3 Å².